The van der Waals surface area contributed by atoms with Crippen LogP contribution in [0, 0.1) is 0 Å². The van der Waals surface area contributed by atoms with Crippen molar-refractivity contribution in [3.63, 3.8) is 0 Å². The van der Waals surface area contributed by atoms with Crippen LogP contribution in [-0.2, 0) is 0 Å². The standard InChI is InChI=1S/C9H15Cl/c1-3-4-5-6-7-9(2)8-10/h3H,1-2,4-8H2. The second-order valence-electron chi connectivity index (χ2n) is 2.42. The molecule has 0 aromatic rings. The number of rotatable bonds is 6. The quantitative estimate of drug-likeness (QED) is 0.315. The van der Waals surface area contributed by atoms with E-state index in [2.05, 4.69) is 13.2 Å². The molecule has 10 heavy (non-hydrogen) atoms. The predicted molar refractivity (Wildman–Crippen MR) is 48.5 cm³/mol. The molecule has 0 unspecified atom stereocenters. The Kier molecular flexibility index (Phi) is 6.73. The van der Waals surface area contributed by atoms with Crippen molar-refractivity contribution in [2.24, 2.45) is 0 Å². The Hall–Kier alpha value is -0.230. The van der Waals surface area contributed by atoms with Gasteiger partial charge in [0.25, 0.3) is 0 Å². The highest BCUT2D eigenvalue weighted by molar-refractivity contribution is 6.19. The molecule has 0 bridgehead atoms. The molecule has 0 aliphatic carbocycles. The molecular weight excluding hydrogens is 144 g/mol. The summed E-state index contributed by atoms with van der Waals surface area (Å²) in [7, 11) is 0. The van der Waals surface area contributed by atoms with Gasteiger partial charge in [0, 0.05) is 5.88 Å². The van der Waals surface area contributed by atoms with Crippen LogP contribution in [0.2, 0.25) is 0 Å². The van der Waals surface area contributed by atoms with Gasteiger partial charge in [-0.1, -0.05) is 18.2 Å². The molecule has 0 aliphatic rings. The molecule has 0 aromatic heterocycles. The van der Waals surface area contributed by atoms with Crippen molar-refractivity contribution < 1.29 is 0 Å². The van der Waals surface area contributed by atoms with Crippen molar-refractivity contribution in [1.82, 2.24) is 0 Å². The lowest BCUT2D eigenvalue weighted by Gasteiger charge is -1.98. The van der Waals surface area contributed by atoms with Gasteiger partial charge in [0.15, 0.2) is 0 Å². The van der Waals surface area contributed by atoms with E-state index in [-0.39, 0.29) is 0 Å². The molecule has 0 radical (unpaired) electrons. The van der Waals surface area contributed by atoms with Crippen LogP contribution in [0.3, 0.4) is 0 Å². The molecule has 0 rings (SSSR count). The smallest absolute Gasteiger partial charge is 0.0430 e. The average molecular weight is 159 g/mol. The molecule has 0 saturated carbocycles. The third-order valence-corrected chi connectivity index (χ3v) is 1.76. The highest BCUT2D eigenvalue weighted by Gasteiger charge is 1.90. The number of alkyl halides is 1. The van der Waals surface area contributed by atoms with E-state index < -0.39 is 0 Å². The van der Waals surface area contributed by atoms with Crippen molar-refractivity contribution in [3.05, 3.63) is 24.8 Å². The van der Waals surface area contributed by atoms with E-state index in [4.69, 9.17) is 11.6 Å². The van der Waals surface area contributed by atoms with E-state index in [1.54, 1.807) is 0 Å². The summed E-state index contributed by atoms with van der Waals surface area (Å²) in [6.07, 6.45) is 6.52. The van der Waals surface area contributed by atoms with Gasteiger partial charge in [0.05, 0.1) is 0 Å². The van der Waals surface area contributed by atoms with Gasteiger partial charge in [-0.25, -0.2) is 0 Å². The van der Waals surface area contributed by atoms with Gasteiger partial charge in [-0.05, 0) is 25.7 Å². The SMILES string of the molecule is C=CCCCCC(=C)CCl. The second-order valence-corrected chi connectivity index (χ2v) is 2.69. The Bertz CT molecular complexity index is 105. The summed E-state index contributed by atoms with van der Waals surface area (Å²) in [6.45, 7) is 7.46. The minimum Gasteiger partial charge on any atom is -0.122 e. The van der Waals surface area contributed by atoms with E-state index in [9.17, 15) is 0 Å². The summed E-state index contributed by atoms with van der Waals surface area (Å²) in [4.78, 5) is 0. The molecule has 0 aliphatic heterocycles. The van der Waals surface area contributed by atoms with Crippen LogP contribution in [0.4, 0.5) is 0 Å². The van der Waals surface area contributed by atoms with Crippen LogP contribution in [0.1, 0.15) is 25.7 Å². The zero-order valence-electron chi connectivity index (χ0n) is 6.41. The lowest BCUT2D eigenvalue weighted by molar-refractivity contribution is 0.745. The maximum absolute atomic E-state index is 5.55. The third-order valence-electron chi connectivity index (χ3n) is 1.38. The summed E-state index contributed by atoms with van der Waals surface area (Å²) in [5.74, 6) is 0.605. The summed E-state index contributed by atoms with van der Waals surface area (Å²) in [6, 6.07) is 0. The Labute approximate surface area is 68.6 Å². The highest BCUT2D eigenvalue weighted by Crippen LogP contribution is 2.08. The van der Waals surface area contributed by atoms with Gasteiger partial charge in [0.2, 0.25) is 0 Å². The first-order chi connectivity index (χ1) is 4.81. The predicted octanol–water partition coefficient (Wildman–Crippen LogP) is 3.53. The molecule has 0 heterocycles. The van der Waals surface area contributed by atoms with Crippen LogP contribution < -0.4 is 0 Å². The van der Waals surface area contributed by atoms with Gasteiger partial charge in [-0.3, -0.25) is 0 Å². The molecular formula is C9H15Cl. The first-order valence-corrected chi connectivity index (χ1v) is 4.18. The van der Waals surface area contributed by atoms with E-state index in [0.717, 1.165) is 18.4 Å². The first kappa shape index (κ1) is 9.77. The molecule has 0 N–H and O–H groups in total. The number of hydrogen-bond acceptors (Lipinski definition) is 0. The normalized spacial score (nSPS) is 9.30. The highest BCUT2D eigenvalue weighted by atomic mass is 35.5. The maximum Gasteiger partial charge on any atom is 0.0430 e. The van der Waals surface area contributed by atoms with Crippen LogP contribution in [0.25, 0.3) is 0 Å². The minimum atomic E-state index is 0.605. The van der Waals surface area contributed by atoms with Crippen molar-refractivity contribution in [2.75, 3.05) is 5.88 Å². The van der Waals surface area contributed by atoms with Crippen LogP contribution in [0.15, 0.2) is 24.8 Å². The van der Waals surface area contributed by atoms with E-state index in [1.807, 2.05) is 6.08 Å². The lowest BCUT2D eigenvalue weighted by atomic mass is 10.1. The van der Waals surface area contributed by atoms with Crippen LogP contribution >= 0.6 is 11.6 Å². The number of hydrogen-bond donors (Lipinski definition) is 0. The molecule has 0 saturated heterocycles. The van der Waals surface area contributed by atoms with Gasteiger partial charge < -0.3 is 0 Å². The maximum atomic E-state index is 5.55. The number of allylic oxidation sites excluding steroid dienone is 2. The van der Waals surface area contributed by atoms with Gasteiger partial charge in [0.1, 0.15) is 0 Å². The molecule has 1 heteroatoms. The zero-order chi connectivity index (χ0) is 7.82. The van der Waals surface area contributed by atoms with Crippen molar-refractivity contribution >= 4 is 11.6 Å². The molecule has 0 nitrogen and oxygen atoms in total. The molecule has 0 amide bonds. The monoisotopic (exact) mass is 158 g/mol. The zero-order valence-corrected chi connectivity index (χ0v) is 7.16. The Morgan fingerprint density at radius 2 is 2.10 bits per heavy atom. The Morgan fingerprint density at radius 3 is 2.60 bits per heavy atom. The third kappa shape index (κ3) is 5.90. The molecule has 0 fully saturated rings. The van der Waals surface area contributed by atoms with E-state index in [1.165, 1.54) is 12.8 Å². The number of halogens is 1. The number of unbranched alkanes of at least 4 members (excludes halogenated alkanes) is 2. The van der Waals surface area contributed by atoms with E-state index in [0.29, 0.717) is 5.88 Å². The summed E-state index contributed by atoms with van der Waals surface area (Å²) >= 11 is 5.55. The average Bonchev–Trinajstić information content (AvgIpc) is 1.98. The van der Waals surface area contributed by atoms with Gasteiger partial charge >= 0.3 is 0 Å². The Balaban J connectivity index is 3.03. The molecule has 0 aromatic carbocycles. The van der Waals surface area contributed by atoms with Crippen molar-refractivity contribution in [1.29, 1.82) is 0 Å². The Morgan fingerprint density at radius 1 is 1.40 bits per heavy atom. The molecule has 0 atom stereocenters. The summed E-state index contributed by atoms with van der Waals surface area (Å²) < 4.78 is 0. The fraction of sp³-hybridized carbons (Fsp3) is 0.556. The lowest BCUT2D eigenvalue weighted by Crippen LogP contribution is -1.82. The van der Waals surface area contributed by atoms with Crippen LogP contribution in [-0.4, -0.2) is 5.88 Å². The van der Waals surface area contributed by atoms with Gasteiger partial charge in [-0.15, -0.1) is 18.2 Å². The molecule has 0 spiro atoms. The summed E-state index contributed by atoms with van der Waals surface area (Å²) in [5, 5.41) is 0. The first-order valence-electron chi connectivity index (χ1n) is 3.64. The second kappa shape index (κ2) is 6.88. The fourth-order valence-corrected chi connectivity index (χ4v) is 0.864. The van der Waals surface area contributed by atoms with Gasteiger partial charge in [-0.2, -0.15) is 0 Å². The van der Waals surface area contributed by atoms with Crippen molar-refractivity contribution in [3.8, 4) is 0 Å². The topological polar surface area (TPSA) is 0 Å². The summed E-state index contributed by atoms with van der Waals surface area (Å²) in [5.41, 5.74) is 1.14. The van der Waals surface area contributed by atoms with Crippen molar-refractivity contribution in [2.45, 2.75) is 25.7 Å². The van der Waals surface area contributed by atoms with Crippen LogP contribution in [0.5, 0.6) is 0 Å². The fourth-order valence-electron chi connectivity index (χ4n) is 0.730. The molecule has 58 valence electrons. The minimum absolute atomic E-state index is 0.605. The van der Waals surface area contributed by atoms with E-state index >= 15 is 0 Å². The largest absolute Gasteiger partial charge is 0.122 e.